The van der Waals surface area contributed by atoms with Gasteiger partial charge in [0.05, 0.1) is 17.5 Å². The number of benzene rings is 2. The zero-order chi connectivity index (χ0) is 17.5. The molecule has 1 atom stereocenters. The van der Waals surface area contributed by atoms with Gasteiger partial charge in [-0.3, -0.25) is 19.7 Å². The lowest BCUT2D eigenvalue weighted by Crippen LogP contribution is -2.38. The summed E-state index contributed by atoms with van der Waals surface area (Å²) in [6.07, 6.45) is 0. The molecule has 2 N–H and O–H groups in total. The molecule has 0 saturated heterocycles. The molecule has 0 spiro atoms. The van der Waals surface area contributed by atoms with Gasteiger partial charge >= 0.3 is 0 Å². The lowest BCUT2D eigenvalue weighted by Gasteiger charge is -2.14. The van der Waals surface area contributed by atoms with Crippen molar-refractivity contribution in [2.75, 3.05) is 6.54 Å². The number of rotatable bonds is 6. The van der Waals surface area contributed by atoms with Gasteiger partial charge in [0.15, 0.2) is 0 Å². The highest BCUT2D eigenvalue weighted by Gasteiger charge is 2.13. The van der Waals surface area contributed by atoms with E-state index >= 15 is 0 Å². The normalized spacial score (nSPS) is 11.4. The molecule has 0 aliphatic heterocycles. The van der Waals surface area contributed by atoms with Crippen molar-refractivity contribution in [2.45, 2.75) is 13.0 Å². The Hall–Kier alpha value is -3.22. The highest BCUT2D eigenvalue weighted by Crippen LogP contribution is 2.13. The molecule has 7 heteroatoms. The van der Waals surface area contributed by atoms with E-state index in [2.05, 4.69) is 10.6 Å². The Morgan fingerprint density at radius 1 is 1.12 bits per heavy atom. The minimum atomic E-state index is -0.578. The number of nitro benzene ring substituents is 1. The van der Waals surface area contributed by atoms with Crippen LogP contribution >= 0.6 is 0 Å². The molecule has 2 rings (SSSR count). The minimum absolute atomic E-state index is 0.133. The van der Waals surface area contributed by atoms with E-state index in [1.165, 1.54) is 24.3 Å². The molecule has 2 aromatic carbocycles. The first-order valence-electron chi connectivity index (χ1n) is 7.34. The highest BCUT2D eigenvalue weighted by molar-refractivity contribution is 5.96. The summed E-state index contributed by atoms with van der Waals surface area (Å²) in [5.74, 6) is -0.883. The Morgan fingerprint density at radius 3 is 2.50 bits per heavy atom. The van der Waals surface area contributed by atoms with Crippen molar-refractivity contribution in [2.24, 2.45) is 0 Å². The highest BCUT2D eigenvalue weighted by atomic mass is 16.6. The van der Waals surface area contributed by atoms with Gasteiger partial charge in [0, 0.05) is 17.7 Å². The van der Waals surface area contributed by atoms with Crippen LogP contribution in [0.1, 0.15) is 28.9 Å². The molecule has 0 aromatic heterocycles. The lowest BCUT2D eigenvalue weighted by molar-refractivity contribution is -0.384. The van der Waals surface area contributed by atoms with Crippen molar-refractivity contribution < 1.29 is 14.5 Å². The van der Waals surface area contributed by atoms with E-state index in [1.807, 2.05) is 37.3 Å². The van der Waals surface area contributed by atoms with E-state index < -0.39 is 10.8 Å². The minimum Gasteiger partial charge on any atom is -0.348 e. The molecule has 0 saturated carbocycles. The summed E-state index contributed by atoms with van der Waals surface area (Å²) in [5.41, 5.74) is 0.911. The third-order valence-corrected chi connectivity index (χ3v) is 3.41. The first kappa shape index (κ1) is 17.1. The largest absolute Gasteiger partial charge is 0.348 e. The van der Waals surface area contributed by atoms with E-state index in [4.69, 9.17) is 0 Å². The molecule has 2 aromatic rings. The number of nitro groups is 1. The van der Waals surface area contributed by atoms with E-state index in [-0.39, 0.29) is 29.7 Å². The van der Waals surface area contributed by atoms with Crippen molar-refractivity contribution in [3.63, 3.8) is 0 Å². The van der Waals surface area contributed by atoms with Crippen LogP contribution in [0.4, 0.5) is 5.69 Å². The van der Waals surface area contributed by atoms with Gasteiger partial charge in [-0.2, -0.15) is 0 Å². The van der Waals surface area contributed by atoms with Gasteiger partial charge < -0.3 is 10.6 Å². The van der Waals surface area contributed by atoms with Gasteiger partial charge in [0.25, 0.3) is 11.6 Å². The van der Waals surface area contributed by atoms with Crippen LogP contribution < -0.4 is 10.6 Å². The summed E-state index contributed by atoms with van der Waals surface area (Å²) < 4.78 is 0. The van der Waals surface area contributed by atoms with Crippen LogP contribution in [0.3, 0.4) is 0 Å². The van der Waals surface area contributed by atoms with Gasteiger partial charge in [-0.05, 0) is 18.6 Å². The Bertz CT molecular complexity index is 747. The van der Waals surface area contributed by atoms with E-state index in [9.17, 15) is 19.7 Å². The number of carbonyl (C=O) groups is 2. The zero-order valence-electron chi connectivity index (χ0n) is 13.1. The molecule has 24 heavy (non-hydrogen) atoms. The average Bonchev–Trinajstić information content (AvgIpc) is 2.60. The molecule has 124 valence electrons. The Labute approximate surface area is 138 Å². The summed E-state index contributed by atoms with van der Waals surface area (Å²) in [6.45, 7) is 1.63. The zero-order valence-corrected chi connectivity index (χ0v) is 13.1. The number of non-ortho nitro benzene ring substituents is 1. The second-order valence-electron chi connectivity index (χ2n) is 5.19. The van der Waals surface area contributed by atoms with Crippen LogP contribution in [0.25, 0.3) is 0 Å². The number of nitrogens with one attached hydrogen (secondary N) is 2. The SMILES string of the molecule is C[C@@H](NC(=O)CNC(=O)c1cccc([N+](=O)[O-])c1)c1ccccc1. The molecule has 0 fully saturated rings. The maximum absolute atomic E-state index is 12.0. The fraction of sp³-hybridized carbons (Fsp3) is 0.176. The Morgan fingerprint density at radius 2 is 1.83 bits per heavy atom. The Kier molecular flexibility index (Phi) is 5.62. The third kappa shape index (κ3) is 4.64. The maximum atomic E-state index is 12.0. The van der Waals surface area contributed by atoms with Gasteiger partial charge in [-0.15, -0.1) is 0 Å². The van der Waals surface area contributed by atoms with Crippen LogP contribution in [0, 0.1) is 10.1 Å². The predicted molar refractivity (Wildman–Crippen MR) is 88.4 cm³/mol. The molecule has 0 bridgehead atoms. The first-order chi connectivity index (χ1) is 11.5. The van der Waals surface area contributed by atoms with E-state index in [0.29, 0.717) is 0 Å². The average molecular weight is 327 g/mol. The summed E-state index contributed by atoms with van der Waals surface area (Å²) in [4.78, 5) is 34.0. The fourth-order valence-electron chi connectivity index (χ4n) is 2.14. The number of hydrogen-bond donors (Lipinski definition) is 2. The van der Waals surface area contributed by atoms with E-state index in [0.717, 1.165) is 5.56 Å². The molecule has 0 aliphatic carbocycles. The van der Waals surface area contributed by atoms with Gasteiger partial charge in [0.1, 0.15) is 0 Å². The van der Waals surface area contributed by atoms with Crippen LogP contribution in [0.2, 0.25) is 0 Å². The molecule has 0 radical (unpaired) electrons. The summed E-state index contributed by atoms with van der Waals surface area (Å²) >= 11 is 0. The quantitative estimate of drug-likeness (QED) is 0.627. The van der Waals surface area contributed by atoms with Crippen molar-refractivity contribution in [1.29, 1.82) is 0 Å². The Balaban J connectivity index is 1.88. The monoisotopic (exact) mass is 327 g/mol. The summed E-state index contributed by atoms with van der Waals surface area (Å²) in [6, 6.07) is 14.6. The maximum Gasteiger partial charge on any atom is 0.270 e. The van der Waals surface area contributed by atoms with Crippen molar-refractivity contribution in [3.8, 4) is 0 Å². The number of amides is 2. The standard InChI is InChI=1S/C17H17N3O4/c1-12(13-6-3-2-4-7-13)19-16(21)11-18-17(22)14-8-5-9-15(10-14)20(23)24/h2-10,12H,11H2,1H3,(H,18,22)(H,19,21)/t12-/m1/s1. The number of nitrogens with zero attached hydrogens (tertiary/aromatic N) is 1. The molecular weight excluding hydrogens is 310 g/mol. The summed E-state index contributed by atoms with van der Waals surface area (Å²) in [7, 11) is 0. The summed E-state index contributed by atoms with van der Waals surface area (Å²) in [5, 5.41) is 15.9. The molecular formula is C17H17N3O4. The van der Waals surface area contributed by atoms with Crippen molar-refractivity contribution >= 4 is 17.5 Å². The fourth-order valence-corrected chi connectivity index (χ4v) is 2.14. The molecule has 2 amide bonds. The van der Waals surface area contributed by atoms with E-state index in [1.54, 1.807) is 0 Å². The van der Waals surface area contributed by atoms with Crippen LogP contribution in [-0.2, 0) is 4.79 Å². The molecule has 0 unspecified atom stereocenters. The van der Waals surface area contributed by atoms with Crippen molar-refractivity contribution in [3.05, 3.63) is 75.8 Å². The van der Waals surface area contributed by atoms with Crippen LogP contribution in [0.5, 0.6) is 0 Å². The first-order valence-corrected chi connectivity index (χ1v) is 7.34. The molecule has 7 nitrogen and oxygen atoms in total. The van der Waals surface area contributed by atoms with Crippen molar-refractivity contribution in [1.82, 2.24) is 10.6 Å². The lowest BCUT2D eigenvalue weighted by atomic mass is 10.1. The second-order valence-corrected chi connectivity index (χ2v) is 5.19. The predicted octanol–water partition coefficient (Wildman–Crippen LogP) is 2.20. The van der Waals surface area contributed by atoms with Gasteiger partial charge in [-0.1, -0.05) is 36.4 Å². The molecule has 0 heterocycles. The number of carbonyl (C=O) groups excluding carboxylic acids is 2. The molecule has 0 aliphatic rings. The van der Waals surface area contributed by atoms with Gasteiger partial charge in [0.2, 0.25) is 5.91 Å². The smallest absolute Gasteiger partial charge is 0.270 e. The topological polar surface area (TPSA) is 101 Å². The van der Waals surface area contributed by atoms with Crippen LogP contribution in [0.15, 0.2) is 54.6 Å². The van der Waals surface area contributed by atoms with Crippen LogP contribution in [-0.4, -0.2) is 23.3 Å². The number of hydrogen-bond acceptors (Lipinski definition) is 4. The van der Waals surface area contributed by atoms with Gasteiger partial charge in [-0.25, -0.2) is 0 Å². The third-order valence-electron chi connectivity index (χ3n) is 3.41. The second kappa shape index (κ2) is 7.87.